The van der Waals surface area contributed by atoms with Gasteiger partial charge in [-0.3, -0.25) is 9.97 Å². The number of H-pyrrole nitrogens is 2. The first-order valence-corrected chi connectivity index (χ1v) is 15.2. The van der Waals surface area contributed by atoms with Gasteiger partial charge in [0.2, 0.25) is 0 Å². The van der Waals surface area contributed by atoms with Gasteiger partial charge in [0.15, 0.2) is 0 Å². The Bertz CT molecular complexity index is 1670. The average molecular weight is 583 g/mol. The molecule has 7 heteroatoms. The highest BCUT2D eigenvalue weighted by Crippen LogP contribution is 2.32. The maximum atomic E-state index is 5.02. The van der Waals surface area contributed by atoms with Crippen molar-refractivity contribution < 1.29 is 0 Å². The molecule has 0 aliphatic carbocycles. The van der Waals surface area contributed by atoms with Crippen molar-refractivity contribution in [2.75, 3.05) is 13.1 Å². The molecule has 6 aromatic rings. The first-order valence-electron chi connectivity index (χ1n) is 15.2. The summed E-state index contributed by atoms with van der Waals surface area (Å²) in [4.78, 5) is 17.2. The van der Waals surface area contributed by atoms with Gasteiger partial charge in [-0.05, 0) is 62.0 Å². The molecule has 0 atom stereocenters. The number of unbranched alkanes of at least 4 members (excludes halogenated alkanes) is 2. The predicted octanol–water partition coefficient (Wildman–Crippen LogP) is 8.46. The van der Waals surface area contributed by atoms with E-state index >= 15 is 0 Å². The molecule has 0 saturated carbocycles. The Hall–Kier alpha value is -3.45. The van der Waals surface area contributed by atoms with Crippen LogP contribution >= 0.6 is 12.4 Å². The zero-order chi connectivity index (χ0) is 28.3. The SMILES string of the molecule is CC(C)c1nc(CNCCCCCNCc2cc3c([nH]c4ccccc43)c(C(C)C)n2)cc2c1[nH]c1ccccc12.Cl. The molecule has 0 saturated heterocycles. The van der Waals surface area contributed by atoms with Crippen molar-refractivity contribution in [2.24, 2.45) is 0 Å². The van der Waals surface area contributed by atoms with E-state index in [1.165, 1.54) is 50.0 Å². The van der Waals surface area contributed by atoms with E-state index in [9.17, 15) is 0 Å². The molecule has 42 heavy (non-hydrogen) atoms. The van der Waals surface area contributed by atoms with Gasteiger partial charge in [0.05, 0.1) is 33.8 Å². The van der Waals surface area contributed by atoms with E-state index < -0.39 is 0 Å². The summed E-state index contributed by atoms with van der Waals surface area (Å²) >= 11 is 0. The van der Waals surface area contributed by atoms with Crippen molar-refractivity contribution in [3.63, 3.8) is 0 Å². The topological polar surface area (TPSA) is 81.4 Å². The van der Waals surface area contributed by atoms with Gasteiger partial charge in [0.1, 0.15) is 0 Å². The minimum atomic E-state index is 0. The Kier molecular flexibility index (Phi) is 9.47. The number of pyridine rings is 2. The fraction of sp³-hybridized carbons (Fsp3) is 0.371. The molecule has 0 amide bonds. The number of nitrogens with one attached hydrogen (secondary N) is 4. The van der Waals surface area contributed by atoms with Gasteiger partial charge in [0, 0.05) is 45.7 Å². The molecular formula is C35H43ClN6. The van der Waals surface area contributed by atoms with Crippen LogP contribution in [0.25, 0.3) is 43.6 Å². The number of fused-ring (bicyclic) bond motifs is 6. The van der Waals surface area contributed by atoms with Crippen molar-refractivity contribution >= 4 is 56.0 Å². The van der Waals surface area contributed by atoms with Gasteiger partial charge < -0.3 is 20.6 Å². The summed E-state index contributed by atoms with van der Waals surface area (Å²) < 4.78 is 0. The largest absolute Gasteiger partial charge is 0.353 e. The summed E-state index contributed by atoms with van der Waals surface area (Å²) in [5.74, 6) is 0.740. The smallest absolute Gasteiger partial charge is 0.0686 e. The van der Waals surface area contributed by atoms with Crippen LogP contribution in [0.2, 0.25) is 0 Å². The Balaban J connectivity index is 0.00000353. The minimum absolute atomic E-state index is 0. The van der Waals surface area contributed by atoms with Crippen LogP contribution in [0, 0.1) is 0 Å². The molecule has 0 spiro atoms. The summed E-state index contributed by atoms with van der Waals surface area (Å²) in [6, 6.07) is 21.6. The van der Waals surface area contributed by atoms with Crippen molar-refractivity contribution in [1.82, 2.24) is 30.6 Å². The first kappa shape index (κ1) is 30.0. The van der Waals surface area contributed by atoms with E-state index in [0.29, 0.717) is 11.8 Å². The number of halogens is 1. The zero-order valence-corrected chi connectivity index (χ0v) is 26.0. The summed E-state index contributed by atoms with van der Waals surface area (Å²) in [6.07, 6.45) is 3.51. The number of nitrogens with zero attached hydrogens (tertiary/aromatic N) is 2. The lowest BCUT2D eigenvalue weighted by atomic mass is 10.0. The molecule has 0 bridgehead atoms. The lowest BCUT2D eigenvalue weighted by molar-refractivity contribution is 0.566. The van der Waals surface area contributed by atoms with E-state index in [-0.39, 0.29) is 12.4 Å². The van der Waals surface area contributed by atoms with Crippen LogP contribution in [0.4, 0.5) is 0 Å². The molecule has 0 aliphatic rings. The molecule has 4 aromatic heterocycles. The average Bonchev–Trinajstić information content (AvgIpc) is 3.53. The molecule has 0 aliphatic heterocycles. The second-order valence-corrected chi connectivity index (χ2v) is 11.9. The summed E-state index contributed by atoms with van der Waals surface area (Å²) in [5, 5.41) is 12.4. The molecule has 0 unspecified atom stereocenters. The van der Waals surface area contributed by atoms with Crippen molar-refractivity contribution in [2.45, 2.75) is 71.9 Å². The third-order valence-corrected chi connectivity index (χ3v) is 8.07. The molecule has 4 N–H and O–H groups in total. The fourth-order valence-electron chi connectivity index (χ4n) is 5.98. The number of rotatable bonds is 12. The van der Waals surface area contributed by atoms with Crippen LogP contribution in [0.1, 0.15) is 81.6 Å². The van der Waals surface area contributed by atoms with Gasteiger partial charge in [0.25, 0.3) is 0 Å². The lowest BCUT2D eigenvalue weighted by Gasteiger charge is -2.11. The number of para-hydroxylation sites is 2. The van der Waals surface area contributed by atoms with Crippen LogP contribution in [0.3, 0.4) is 0 Å². The highest BCUT2D eigenvalue weighted by atomic mass is 35.5. The molecule has 220 valence electrons. The van der Waals surface area contributed by atoms with Crippen LogP contribution in [0.5, 0.6) is 0 Å². The second kappa shape index (κ2) is 13.2. The van der Waals surface area contributed by atoms with Gasteiger partial charge >= 0.3 is 0 Å². The van der Waals surface area contributed by atoms with E-state index in [2.05, 4.69) is 109 Å². The molecule has 2 aromatic carbocycles. The number of aromatic amines is 2. The number of aromatic nitrogens is 4. The van der Waals surface area contributed by atoms with Crippen LogP contribution < -0.4 is 10.6 Å². The van der Waals surface area contributed by atoms with E-state index in [1.54, 1.807) is 0 Å². The first-order chi connectivity index (χ1) is 20.0. The van der Waals surface area contributed by atoms with Gasteiger partial charge in [-0.2, -0.15) is 0 Å². The number of benzene rings is 2. The summed E-state index contributed by atoms with van der Waals surface area (Å²) in [6.45, 7) is 12.5. The Labute approximate surface area is 254 Å². The summed E-state index contributed by atoms with van der Waals surface area (Å²) in [5.41, 5.74) is 9.25. The number of hydrogen-bond donors (Lipinski definition) is 4. The van der Waals surface area contributed by atoms with E-state index in [0.717, 1.165) is 61.8 Å². The molecule has 6 rings (SSSR count). The third kappa shape index (κ3) is 6.17. The van der Waals surface area contributed by atoms with E-state index in [4.69, 9.17) is 9.97 Å². The second-order valence-electron chi connectivity index (χ2n) is 11.9. The highest BCUT2D eigenvalue weighted by molar-refractivity contribution is 6.09. The van der Waals surface area contributed by atoms with Crippen LogP contribution in [-0.4, -0.2) is 33.0 Å². The zero-order valence-electron chi connectivity index (χ0n) is 25.2. The fourth-order valence-corrected chi connectivity index (χ4v) is 5.98. The van der Waals surface area contributed by atoms with Gasteiger partial charge in [-0.25, -0.2) is 0 Å². The van der Waals surface area contributed by atoms with E-state index in [1.807, 2.05) is 0 Å². The Morgan fingerprint density at radius 2 is 1.02 bits per heavy atom. The van der Waals surface area contributed by atoms with Crippen molar-refractivity contribution in [1.29, 1.82) is 0 Å². The van der Waals surface area contributed by atoms with Crippen LogP contribution in [0.15, 0.2) is 60.7 Å². The highest BCUT2D eigenvalue weighted by Gasteiger charge is 2.15. The quantitative estimate of drug-likeness (QED) is 0.109. The maximum absolute atomic E-state index is 5.02. The number of hydrogen-bond acceptors (Lipinski definition) is 4. The molecule has 4 heterocycles. The molecule has 0 fully saturated rings. The Morgan fingerprint density at radius 1 is 0.595 bits per heavy atom. The predicted molar refractivity (Wildman–Crippen MR) is 180 cm³/mol. The Morgan fingerprint density at radius 3 is 1.45 bits per heavy atom. The molecule has 6 nitrogen and oxygen atoms in total. The monoisotopic (exact) mass is 582 g/mol. The van der Waals surface area contributed by atoms with Crippen LogP contribution in [-0.2, 0) is 13.1 Å². The minimum Gasteiger partial charge on any atom is -0.353 e. The molecular weight excluding hydrogens is 540 g/mol. The van der Waals surface area contributed by atoms with Gasteiger partial charge in [-0.1, -0.05) is 70.5 Å². The van der Waals surface area contributed by atoms with Crippen molar-refractivity contribution in [3.05, 3.63) is 83.4 Å². The van der Waals surface area contributed by atoms with Crippen molar-refractivity contribution in [3.8, 4) is 0 Å². The maximum Gasteiger partial charge on any atom is 0.0686 e. The summed E-state index contributed by atoms with van der Waals surface area (Å²) in [7, 11) is 0. The molecule has 0 radical (unpaired) electrons. The standard InChI is InChI=1S/C35H42N6.ClH/c1-22(2)32-34-28(26-12-6-8-14-30(26)40-34)18-24(38-32)20-36-16-10-5-11-17-37-21-25-19-29-27-13-7-9-15-31(27)41-35(29)33(39-25)23(3)4;/h6-9,12-15,18-19,22-23,36-37,40-41H,5,10-11,16-17,20-21H2,1-4H3;1H. The normalized spacial score (nSPS) is 12.0. The lowest BCUT2D eigenvalue weighted by Crippen LogP contribution is -2.18. The third-order valence-electron chi connectivity index (χ3n) is 8.07. The van der Waals surface area contributed by atoms with Gasteiger partial charge in [-0.15, -0.1) is 12.4 Å².